The fraction of sp³-hybridized carbons (Fsp3) is 0.0714. The average molecular weight is 360 g/mol. The maximum absolute atomic E-state index is 13.6. The Kier molecular flexibility index (Phi) is 4.85. The van der Waals surface area contributed by atoms with Crippen LogP contribution >= 0.6 is 15.9 Å². The summed E-state index contributed by atoms with van der Waals surface area (Å²) >= 11 is 3.09. The van der Waals surface area contributed by atoms with Gasteiger partial charge in [0.25, 0.3) is 5.91 Å². The van der Waals surface area contributed by atoms with E-state index in [1.54, 1.807) is 0 Å². The number of ether oxygens (including phenoxy) is 1. The van der Waals surface area contributed by atoms with Crippen LogP contribution in [0.1, 0.15) is 10.4 Å². The molecule has 0 saturated carbocycles. The van der Waals surface area contributed by atoms with E-state index in [-0.39, 0.29) is 11.3 Å². The number of nitrogens with one attached hydrogen (secondary N) is 1. The van der Waals surface area contributed by atoms with Crippen molar-refractivity contribution in [3.05, 3.63) is 58.3 Å². The second-order valence-corrected chi connectivity index (χ2v) is 4.90. The van der Waals surface area contributed by atoms with E-state index in [1.165, 1.54) is 42.5 Å². The van der Waals surface area contributed by atoms with E-state index in [1.807, 2.05) is 0 Å². The molecule has 21 heavy (non-hydrogen) atoms. The Labute approximate surface area is 126 Å². The number of benzene rings is 2. The van der Waals surface area contributed by atoms with Crippen LogP contribution < -0.4 is 10.1 Å². The van der Waals surface area contributed by atoms with Crippen LogP contribution in [0.15, 0.2) is 46.9 Å². The van der Waals surface area contributed by atoms with Crippen LogP contribution in [0.3, 0.4) is 0 Å². The number of hydrogen-bond donors (Lipinski definition) is 1. The number of hydrogen-bond acceptors (Lipinski definition) is 2. The maximum Gasteiger partial charge on any atom is 0.387 e. The molecule has 7 heteroatoms. The Hall–Kier alpha value is -2.02. The summed E-state index contributed by atoms with van der Waals surface area (Å²) in [6.45, 7) is -2.91. The lowest BCUT2D eigenvalue weighted by molar-refractivity contribution is -0.0498. The zero-order valence-corrected chi connectivity index (χ0v) is 12.0. The summed E-state index contributed by atoms with van der Waals surface area (Å²) in [5, 5.41) is 2.46. The van der Waals surface area contributed by atoms with E-state index >= 15 is 0 Å². The van der Waals surface area contributed by atoms with Gasteiger partial charge in [-0.3, -0.25) is 4.79 Å². The van der Waals surface area contributed by atoms with Gasteiger partial charge in [0.05, 0.1) is 5.56 Å². The molecule has 0 atom stereocenters. The minimum atomic E-state index is -2.91. The van der Waals surface area contributed by atoms with Crippen molar-refractivity contribution >= 4 is 27.5 Å². The summed E-state index contributed by atoms with van der Waals surface area (Å²) in [5.41, 5.74) is 0.218. The van der Waals surface area contributed by atoms with Gasteiger partial charge in [-0.2, -0.15) is 8.78 Å². The van der Waals surface area contributed by atoms with Crippen LogP contribution in [-0.2, 0) is 0 Å². The van der Waals surface area contributed by atoms with Crippen LogP contribution in [-0.4, -0.2) is 12.5 Å². The fourth-order valence-electron chi connectivity index (χ4n) is 1.59. The first-order valence-electron chi connectivity index (χ1n) is 5.77. The smallest absolute Gasteiger partial charge is 0.387 e. The maximum atomic E-state index is 13.6. The van der Waals surface area contributed by atoms with Gasteiger partial charge in [0.1, 0.15) is 11.6 Å². The molecule has 0 aliphatic carbocycles. The molecule has 0 aromatic heterocycles. The quantitative estimate of drug-likeness (QED) is 0.876. The van der Waals surface area contributed by atoms with Gasteiger partial charge in [0.15, 0.2) is 0 Å². The monoisotopic (exact) mass is 359 g/mol. The van der Waals surface area contributed by atoms with Gasteiger partial charge >= 0.3 is 6.61 Å². The van der Waals surface area contributed by atoms with Gasteiger partial charge in [-0.1, -0.05) is 15.9 Å². The Morgan fingerprint density at radius 2 is 1.81 bits per heavy atom. The summed E-state index contributed by atoms with van der Waals surface area (Å²) in [6, 6.07) is 9.37. The lowest BCUT2D eigenvalue weighted by Gasteiger charge is -2.08. The summed E-state index contributed by atoms with van der Waals surface area (Å²) in [7, 11) is 0. The normalized spacial score (nSPS) is 10.5. The molecule has 0 radical (unpaired) electrons. The third-order valence-electron chi connectivity index (χ3n) is 2.51. The minimum absolute atomic E-state index is 0.0298. The number of carbonyl (C=O) groups excluding carboxylic acids is 1. The van der Waals surface area contributed by atoms with Gasteiger partial charge in [-0.15, -0.1) is 0 Å². The second kappa shape index (κ2) is 6.62. The molecule has 0 saturated heterocycles. The molecular formula is C14H9BrF3NO2. The highest BCUT2D eigenvalue weighted by Gasteiger charge is 2.12. The van der Waals surface area contributed by atoms with Crippen LogP contribution in [0.25, 0.3) is 0 Å². The number of halogens is 4. The van der Waals surface area contributed by atoms with Crippen LogP contribution in [0.4, 0.5) is 18.9 Å². The number of anilines is 1. The Morgan fingerprint density at radius 3 is 2.38 bits per heavy atom. The molecule has 1 amide bonds. The van der Waals surface area contributed by atoms with Crippen molar-refractivity contribution in [2.24, 2.45) is 0 Å². The summed E-state index contributed by atoms with van der Waals surface area (Å²) in [4.78, 5) is 11.9. The second-order valence-electron chi connectivity index (χ2n) is 3.98. The van der Waals surface area contributed by atoms with Crippen molar-refractivity contribution in [2.45, 2.75) is 6.61 Å². The zero-order chi connectivity index (χ0) is 15.4. The van der Waals surface area contributed by atoms with Crippen LogP contribution in [0, 0.1) is 5.82 Å². The minimum Gasteiger partial charge on any atom is -0.435 e. The van der Waals surface area contributed by atoms with Gasteiger partial charge in [0, 0.05) is 10.2 Å². The fourth-order valence-corrected chi connectivity index (χ4v) is 1.92. The first-order valence-corrected chi connectivity index (χ1v) is 6.56. The predicted octanol–water partition coefficient (Wildman–Crippen LogP) is 4.44. The molecular weight excluding hydrogens is 351 g/mol. The molecule has 0 spiro atoms. The number of rotatable bonds is 4. The Balaban J connectivity index is 2.08. The predicted molar refractivity (Wildman–Crippen MR) is 75.1 cm³/mol. The molecule has 2 aromatic carbocycles. The van der Waals surface area contributed by atoms with Crippen molar-refractivity contribution in [1.82, 2.24) is 0 Å². The molecule has 0 bridgehead atoms. The van der Waals surface area contributed by atoms with Gasteiger partial charge in [-0.25, -0.2) is 4.39 Å². The van der Waals surface area contributed by atoms with Crippen molar-refractivity contribution in [1.29, 1.82) is 0 Å². The summed E-state index contributed by atoms with van der Waals surface area (Å²) in [5.74, 6) is -1.33. The molecule has 3 nitrogen and oxygen atoms in total. The molecule has 2 rings (SSSR count). The molecule has 0 heterocycles. The van der Waals surface area contributed by atoms with Crippen molar-refractivity contribution < 1.29 is 22.7 Å². The van der Waals surface area contributed by atoms with Crippen LogP contribution in [0.5, 0.6) is 5.75 Å². The van der Waals surface area contributed by atoms with Gasteiger partial charge < -0.3 is 10.1 Å². The number of alkyl halides is 2. The van der Waals surface area contributed by atoms with Crippen molar-refractivity contribution in [2.75, 3.05) is 5.32 Å². The molecule has 110 valence electrons. The SMILES string of the molecule is O=C(Nc1ccc(OC(F)F)cc1)c1ccc(Br)cc1F. The lowest BCUT2D eigenvalue weighted by atomic mass is 10.2. The van der Waals surface area contributed by atoms with Crippen LogP contribution in [0.2, 0.25) is 0 Å². The first kappa shape index (κ1) is 15.4. The van der Waals surface area contributed by atoms with Gasteiger partial charge in [-0.05, 0) is 42.5 Å². The van der Waals surface area contributed by atoms with E-state index in [4.69, 9.17) is 0 Å². The molecule has 0 aliphatic rings. The van der Waals surface area contributed by atoms with E-state index in [0.29, 0.717) is 10.2 Å². The Morgan fingerprint density at radius 1 is 1.14 bits per heavy atom. The topological polar surface area (TPSA) is 38.3 Å². The Bertz CT molecular complexity index is 647. The highest BCUT2D eigenvalue weighted by molar-refractivity contribution is 9.10. The average Bonchev–Trinajstić information content (AvgIpc) is 2.40. The lowest BCUT2D eigenvalue weighted by Crippen LogP contribution is -2.13. The highest BCUT2D eigenvalue weighted by atomic mass is 79.9. The van der Waals surface area contributed by atoms with E-state index < -0.39 is 18.3 Å². The third-order valence-corrected chi connectivity index (χ3v) is 3.01. The number of amides is 1. The summed E-state index contributed by atoms with van der Waals surface area (Å²) in [6.07, 6.45) is 0. The third kappa shape index (κ3) is 4.22. The van der Waals surface area contributed by atoms with E-state index in [9.17, 15) is 18.0 Å². The molecule has 1 N–H and O–H groups in total. The highest BCUT2D eigenvalue weighted by Crippen LogP contribution is 2.20. The largest absolute Gasteiger partial charge is 0.435 e. The molecule has 2 aromatic rings. The zero-order valence-electron chi connectivity index (χ0n) is 10.4. The number of carbonyl (C=O) groups is 1. The standard InChI is InChI=1S/C14H9BrF3NO2/c15-8-1-6-11(12(16)7-8)13(20)19-9-2-4-10(5-3-9)21-14(17)18/h1-7,14H,(H,19,20). The van der Waals surface area contributed by atoms with Gasteiger partial charge in [0.2, 0.25) is 0 Å². The first-order chi connectivity index (χ1) is 9.95. The molecule has 0 unspecified atom stereocenters. The van der Waals surface area contributed by atoms with E-state index in [0.717, 1.165) is 0 Å². The molecule has 0 fully saturated rings. The summed E-state index contributed by atoms with van der Waals surface area (Å²) < 4.78 is 42.3. The van der Waals surface area contributed by atoms with E-state index in [2.05, 4.69) is 26.0 Å². The molecule has 0 aliphatic heterocycles. The van der Waals surface area contributed by atoms with Crippen molar-refractivity contribution in [3.8, 4) is 5.75 Å². The van der Waals surface area contributed by atoms with Crippen molar-refractivity contribution in [3.63, 3.8) is 0 Å².